The van der Waals surface area contributed by atoms with E-state index in [1.165, 1.54) is 17.0 Å². The van der Waals surface area contributed by atoms with Crippen molar-refractivity contribution in [3.63, 3.8) is 0 Å². The van der Waals surface area contributed by atoms with Crippen molar-refractivity contribution in [3.05, 3.63) is 112 Å². The number of anilines is 1. The van der Waals surface area contributed by atoms with E-state index in [4.69, 9.17) is 10.5 Å². The van der Waals surface area contributed by atoms with Crippen LogP contribution in [-0.4, -0.2) is 60.1 Å². The molecule has 1 aromatic heterocycles. The second kappa shape index (κ2) is 12.6. The first-order valence-electron chi connectivity index (χ1n) is 15.3. The first kappa shape index (κ1) is 31.3. The Kier molecular flexibility index (Phi) is 8.38. The number of aromatic amines is 1. The van der Waals surface area contributed by atoms with Gasteiger partial charge < -0.3 is 25.7 Å². The molecule has 11 heteroatoms. The lowest BCUT2D eigenvalue weighted by molar-refractivity contribution is -0.112. The Hall–Kier alpha value is -5.71. The van der Waals surface area contributed by atoms with Crippen molar-refractivity contribution in [2.45, 2.75) is 26.7 Å². The van der Waals surface area contributed by atoms with Gasteiger partial charge in [0, 0.05) is 42.5 Å². The third-order valence-electron chi connectivity index (χ3n) is 8.78. The van der Waals surface area contributed by atoms with Gasteiger partial charge in [0.25, 0.3) is 11.8 Å². The summed E-state index contributed by atoms with van der Waals surface area (Å²) in [4.78, 5) is 56.9. The highest BCUT2D eigenvalue weighted by atomic mass is 19.1. The van der Waals surface area contributed by atoms with Gasteiger partial charge in [-0.05, 0) is 72.9 Å². The van der Waals surface area contributed by atoms with Gasteiger partial charge in [-0.15, -0.1) is 0 Å². The predicted molar refractivity (Wildman–Crippen MR) is 176 cm³/mol. The number of rotatable bonds is 8. The molecule has 4 N–H and O–H groups in total. The van der Waals surface area contributed by atoms with Gasteiger partial charge in [-0.2, -0.15) is 0 Å². The van der Waals surface area contributed by atoms with Crippen molar-refractivity contribution in [2.75, 3.05) is 31.1 Å². The molecule has 1 aliphatic carbocycles. The molecule has 0 unspecified atom stereocenters. The quantitative estimate of drug-likeness (QED) is 0.212. The number of hydrogen-bond donors (Lipinski definition) is 3. The maximum Gasteiger partial charge on any atom is 0.409 e. The van der Waals surface area contributed by atoms with Gasteiger partial charge in [-0.3, -0.25) is 9.59 Å². The zero-order valence-corrected chi connectivity index (χ0v) is 26.2. The van der Waals surface area contributed by atoms with Crippen LogP contribution >= 0.6 is 0 Å². The number of primary amides is 1. The molecule has 0 saturated carbocycles. The highest BCUT2D eigenvalue weighted by molar-refractivity contribution is 6.41. The number of nitrogens with zero attached hydrogens (tertiary/aromatic N) is 2. The van der Waals surface area contributed by atoms with E-state index in [9.17, 15) is 23.6 Å². The summed E-state index contributed by atoms with van der Waals surface area (Å²) >= 11 is 0. The van der Waals surface area contributed by atoms with Crippen molar-refractivity contribution < 1.29 is 28.3 Å². The van der Waals surface area contributed by atoms with Crippen molar-refractivity contribution in [2.24, 2.45) is 5.73 Å². The lowest BCUT2D eigenvalue weighted by atomic mass is 9.98. The summed E-state index contributed by atoms with van der Waals surface area (Å²) in [6, 6.07) is 18.9. The molecule has 47 heavy (non-hydrogen) atoms. The van der Waals surface area contributed by atoms with Gasteiger partial charge in [-0.1, -0.05) is 48.5 Å². The number of aromatic nitrogens is 1. The Morgan fingerprint density at radius 1 is 1.02 bits per heavy atom. The number of aryl methyl sites for hydroxylation is 1. The number of nitrogens with one attached hydrogen (secondary N) is 2. The monoisotopic (exact) mass is 635 g/mol. The van der Waals surface area contributed by atoms with Gasteiger partial charge in [0.2, 0.25) is 0 Å². The standard InChI is InChI=1S/C36H34FN5O5/c1-4-41(36(46)47-19-29-25-11-7-5-9-23(25)24-10-6-8-12-26(24)29)16-15-39-33(43)32-20(2)30(40-21(32)3)18-28-27-17-22(37)13-14-31(27)42(34(28)44)35(38)45/h5-14,17-18,29,40H,4,15-16,19H2,1-3H3,(H2,38,45)(H,39,43). The Morgan fingerprint density at radius 3 is 2.32 bits per heavy atom. The number of amides is 5. The number of urea groups is 1. The number of hydrogen-bond acceptors (Lipinski definition) is 5. The van der Waals surface area contributed by atoms with Crippen molar-refractivity contribution in [1.82, 2.24) is 15.2 Å². The maximum atomic E-state index is 14.1. The molecular weight excluding hydrogens is 601 g/mol. The summed E-state index contributed by atoms with van der Waals surface area (Å²) in [5.74, 6) is -1.69. The highest BCUT2D eigenvalue weighted by Gasteiger charge is 2.36. The lowest BCUT2D eigenvalue weighted by Gasteiger charge is -2.22. The van der Waals surface area contributed by atoms with E-state index in [0.717, 1.165) is 39.3 Å². The first-order valence-corrected chi connectivity index (χ1v) is 15.3. The molecule has 6 rings (SSSR count). The topological polar surface area (TPSA) is 138 Å². The summed E-state index contributed by atoms with van der Waals surface area (Å²) in [5, 5.41) is 2.87. The van der Waals surface area contributed by atoms with Crippen LogP contribution in [0.25, 0.3) is 22.8 Å². The average molecular weight is 636 g/mol. The summed E-state index contributed by atoms with van der Waals surface area (Å²) in [6.07, 6.45) is 1.02. The van der Waals surface area contributed by atoms with Crippen molar-refractivity contribution in [1.29, 1.82) is 0 Å². The molecular formula is C36H34FN5O5. The Bertz CT molecular complexity index is 1920. The molecule has 240 valence electrons. The van der Waals surface area contributed by atoms with Crippen molar-refractivity contribution in [3.8, 4) is 11.1 Å². The molecule has 0 radical (unpaired) electrons. The number of imide groups is 1. The first-order chi connectivity index (χ1) is 22.6. The summed E-state index contributed by atoms with van der Waals surface area (Å²) in [7, 11) is 0. The number of carbonyl (C=O) groups excluding carboxylic acids is 4. The molecule has 0 atom stereocenters. The van der Waals surface area contributed by atoms with Crippen LogP contribution < -0.4 is 16.0 Å². The second-order valence-corrected chi connectivity index (χ2v) is 11.5. The molecule has 0 fully saturated rings. The minimum Gasteiger partial charge on any atom is -0.448 e. The fourth-order valence-corrected chi connectivity index (χ4v) is 6.48. The van der Waals surface area contributed by atoms with Gasteiger partial charge in [0.05, 0.1) is 16.8 Å². The van der Waals surface area contributed by atoms with Crippen LogP contribution in [0.3, 0.4) is 0 Å². The van der Waals surface area contributed by atoms with E-state index < -0.39 is 23.8 Å². The molecule has 0 bridgehead atoms. The molecule has 0 saturated heterocycles. The van der Waals surface area contributed by atoms with Gasteiger partial charge in [0.1, 0.15) is 12.4 Å². The molecule has 3 aromatic carbocycles. The highest BCUT2D eigenvalue weighted by Crippen LogP contribution is 2.44. The summed E-state index contributed by atoms with van der Waals surface area (Å²) in [5.41, 5.74) is 12.4. The van der Waals surface area contributed by atoms with E-state index in [-0.39, 0.29) is 48.3 Å². The number of fused-ring (bicyclic) bond motifs is 4. The lowest BCUT2D eigenvalue weighted by Crippen LogP contribution is -2.39. The van der Waals surface area contributed by atoms with Gasteiger partial charge >= 0.3 is 12.1 Å². The largest absolute Gasteiger partial charge is 0.448 e. The van der Waals surface area contributed by atoms with Crippen LogP contribution in [0.4, 0.5) is 19.7 Å². The Morgan fingerprint density at radius 2 is 1.68 bits per heavy atom. The predicted octanol–water partition coefficient (Wildman–Crippen LogP) is 5.74. The maximum absolute atomic E-state index is 14.1. The van der Waals surface area contributed by atoms with Crippen molar-refractivity contribution >= 4 is 41.3 Å². The van der Waals surface area contributed by atoms with Crippen LogP contribution in [0.5, 0.6) is 0 Å². The third-order valence-corrected chi connectivity index (χ3v) is 8.78. The molecule has 1 aliphatic heterocycles. The van der Waals surface area contributed by atoms with Gasteiger partial charge in [0.15, 0.2) is 0 Å². The minimum atomic E-state index is -0.982. The molecule has 5 amide bonds. The van der Waals surface area contributed by atoms with Crippen LogP contribution in [0, 0.1) is 19.7 Å². The van der Waals surface area contributed by atoms with Crippen LogP contribution in [0.1, 0.15) is 56.8 Å². The molecule has 10 nitrogen and oxygen atoms in total. The average Bonchev–Trinajstić information content (AvgIpc) is 3.63. The number of nitrogens with two attached hydrogens (primary N) is 1. The number of likely N-dealkylation sites (N-methyl/N-ethyl adjacent to an activating group) is 1. The molecule has 4 aromatic rings. The number of H-pyrrole nitrogens is 1. The summed E-state index contributed by atoms with van der Waals surface area (Å²) in [6.45, 7) is 6.29. The van der Waals surface area contributed by atoms with E-state index >= 15 is 0 Å². The van der Waals surface area contributed by atoms with Crippen LogP contribution in [0.15, 0.2) is 66.7 Å². The van der Waals surface area contributed by atoms with E-state index in [2.05, 4.69) is 34.6 Å². The number of halogens is 1. The fraction of sp³-hybridized carbons (Fsp3) is 0.222. The third kappa shape index (κ3) is 5.65. The smallest absolute Gasteiger partial charge is 0.409 e. The Labute approximate surface area is 271 Å². The molecule has 2 heterocycles. The van der Waals surface area contributed by atoms with Crippen LogP contribution in [0.2, 0.25) is 0 Å². The number of carbonyl (C=O) groups is 4. The SMILES string of the molecule is CCN(CCNC(=O)c1c(C)[nH]c(C=C2C(=O)N(C(N)=O)c3ccc(F)cc32)c1C)C(=O)OCC1c2ccccc2-c2ccccc21. The van der Waals surface area contributed by atoms with E-state index in [0.29, 0.717) is 29.1 Å². The molecule has 0 spiro atoms. The van der Waals surface area contributed by atoms with E-state index in [1.54, 1.807) is 13.8 Å². The minimum absolute atomic E-state index is 0.0561. The Balaban J connectivity index is 1.10. The zero-order chi connectivity index (χ0) is 33.4. The fourth-order valence-electron chi connectivity index (χ4n) is 6.48. The zero-order valence-electron chi connectivity index (χ0n) is 26.2. The molecule has 2 aliphatic rings. The van der Waals surface area contributed by atoms with Crippen LogP contribution in [-0.2, 0) is 9.53 Å². The normalized spacial score (nSPS) is 14.2. The number of ether oxygens (including phenoxy) is 1. The van der Waals surface area contributed by atoms with Gasteiger partial charge in [-0.25, -0.2) is 18.9 Å². The number of benzene rings is 3. The second-order valence-electron chi connectivity index (χ2n) is 11.5. The summed E-state index contributed by atoms with van der Waals surface area (Å²) < 4.78 is 19.9. The van der Waals surface area contributed by atoms with E-state index in [1.807, 2.05) is 31.2 Å².